The summed E-state index contributed by atoms with van der Waals surface area (Å²) in [5.74, 6) is 0. The second kappa shape index (κ2) is 8.96. The van der Waals surface area contributed by atoms with E-state index in [0.29, 0.717) is 6.54 Å². The Bertz CT molecular complexity index is 786. The van der Waals surface area contributed by atoms with Crippen LogP contribution in [0.1, 0.15) is 31.5 Å². The van der Waals surface area contributed by atoms with Gasteiger partial charge in [0, 0.05) is 31.0 Å². The fourth-order valence-electron chi connectivity index (χ4n) is 3.31. The number of hydrogen-bond donors (Lipinski definition) is 1. The number of aromatic nitrogens is 2. The summed E-state index contributed by atoms with van der Waals surface area (Å²) >= 11 is 0. The number of H-pyrrole nitrogens is 1. The number of hydrogen-bond acceptors (Lipinski definition) is 4. The lowest BCUT2D eigenvalue weighted by atomic mass is 10.1. The van der Waals surface area contributed by atoms with Crippen molar-refractivity contribution in [3.8, 4) is 5.69 Å². The first-order valence-electron chi connectivity index (χ1n) is 9.41. The van der Waals surface area contributed by atoms with Gasteiger partial charge in [0.1, 0.15) is 0 Å². The molecule has 0 amide bonds. The Hall–Kier alpha value is -2.18. The molecular formula is C20H28N4O2. The molecule has 1 aliphatic heterocycles. The molecule has 26 heavy (non-hydrogen) atoms. The van der Waals surface area contributed by atoms with Crippen LogP contribution in [0.2, 0.25) is 0 Å². The third kappa shape index (κ3) is 4.31. The Kier molecular flexibility index (Phi) is 6.41. The maximum atomic E-state index is 13.0. The lowest BCUT2D eigenvalue weighted by Gasteiger charge is -2.25. The molecule has 1 aromatic heterocycles. The van der Waals surface area contributed by atoms with E-state index in [9.17, 15) is 4.79 Å². The van der Waals surface area contributed by atoms with Crippen molar-refractivity contribution in [1.29, 1.82) is 0 Å². The van der Waals surface area contributed by atoms with Crippen LogP contribution in [0.15, 0.2) is 40.1 Å². The number of morpholine rings is 1. The van der Waals surface area contributed by atoms with Crippen LogP contribution in [0.25, 0.3) is 5.69 Å². The van der Waals surface area contributed by atoms with Crippen molar-refractivity contribution in [1.82, 2.24) is 14.7 Å². The van der Waals surface area contributed by atoms with E-state index < -0.39 is 0 Å². The first-order valence-corrected chi connectivity index (χ1v) is 9.41. The number of rotatable bonds is 7. The summed E-state index contributed by atoms with van der Waals surface area (Å²) in [4.78, 5) is 20.0. The van der Waals surface area contributed by atoms with Gasteiger partial charge in [-0.2, -0.15) is 0 Å². The standard InChI is InChI=1S/C20H28N4O2/c1-3-7-18-19(16(2)21-10-11-23-12-14-26-15-13-23)20(25)24(22-18)17-8-5-4-6-9-17/h4-6,8-9,22H,3,7,10-15H2,1-2H3. The van der Waals surface area contributed by atoms with Crippen LogP contribution in [0, 0.1) is 0 Å². The van der Waals surface area contributed by atoms with Crippen LogP contribution in [-0.4, -0.2) is 59.8 Å². The normalized spacial score (nSPS) is 16.2. The topological polar surface area (TPSA) is 62.6 Å². The number of para-hydroxylation sites is 1. The fraction of sp³-hybridized carbons (Fsp3) is 0.500. The number of aromatic amines is 1. The van der Waals surface area contributed by atoms with Gasteiger partial charge in [-0.3, -0.25) is 19.8 Å². The lowest BCUT2D eigenvalue weighted by Crippen LogP contribution is -2.37. The van der Waals surface area contributed by atoms with Crippen LogP contribution in [0.5, 0.6) is 0 Å². The van der Waals surface area contributed by atoms with Crippen molar-refractivity contribution in [2.24, 2.45) is 4.99 Å². The summed E-state index contributed by atoms with van der Waals surface area (Å²) in [6, 6.07) is 9.68. The number of aliphatic imine (C=N–C) groups is 1. The third-order valence-corrected chi connectivity index (χ3v) is 4.71. The van der Waals surface area contributed by atoms with Gasteiger partial charge in [-0.15, -0.1) is 0 Å². The van der Waals surface area contributed by atoms with Crippen LogP contribution in [-0.2, 0) is 11.2 Å². The Labute approximate surface area is 154 Å². The van der Waals surface area contributed by atoms with Gasteiger partial charge in [-0.1, -0.05) is 31.5 Å². The van der Waals surface area contributed by atoms with Gasteiger partial charge in [-0.25, -0.2) is 4.68 Å². The zero-order chi connectivity index (χ0) is 18.4. The average Bonchev–Trinajstić information content (AvgIpc) is 3.00. The summed E-state index contributed by atoms with van der Waals surface area (Å²) in [6.07, 6.45) is 1.81. The van der Waals surface area contributed by atoms with Crippen molar-refractivity contribution < 1.29 is 4.74 Å². The van der Waals surface area contributed by atoms with Crippen molar-refractivity contribution in [2.75, 3.05) is 39.4 Å². The number of benzene rings is 1. The third-order valence-electron chi connectivity index (χ3n) is 4.71. The summed E-state index contributed by atoms with van der Waals surface area (Å²) in [7, 11) is 0. The van der Waals surface area contributed by atoms with Crippen molar-refractivity contribution >= 4 is 5.71 Å². The molecule has 3 rings (SSSR count). The highest BCUT2D eigenvalue weighted by Gasteiger charge is 2.17. The van der Waals surface area contributed by atoms with Gasteiger partial charge in [0.15, 0.2) is 0 Å². The molecule has 0 atom stereocenters. The Balaban J connectivity index is 1.81. The molecule has 0 radical (unpaired) electrons. The number of nitrogens with zero attached hydrogens (tertiary/aromatic N) is 3. The van der Waals surface area contributed by atoms with Crippen molar-refractivity contribution in [3.05, 3.63) is 51.9 Å². The van der Waals surface area contributed by atoms with Crippen molar-refractivity contribution in [3.63, 3.8) is 0 Å². The van der Waals surface area contributed by atoms with Gasteiger partial charge in [-0.05, 0) is 25.5 Å². The first kappa shape index (κ1) is 18.6. The molecule has 0 aliphatic carbocycles. The maximum Gasteiger partial charge on any atom is 0.280 e. The largest absolute Gasteiger partial charge is 0.379 e. The molecule has 1 saturated heterocycles. The highest BCUT2D eigenvalue weighted by atomic mass is 16.5. The SMILES string of the molecule is CCCc1[nH]n(-c2ccccc2)c(=O)c1C(C)=NCCN1CCOCC1. The molecule has 0 spiro atoms. The second-order valence-electron chi connectivity index (χ2n) is 6.61. The molecule has 0 saturated carbocycles. The lowest BCUT2D eigenvalue weighted by molar-refractivity contribution is 0.0394. The number of ether oxygens (including phenoxy) is 1. The van der Waals surface area contributed by atoms with E-state index in [4.69, 9.17) is 9.73 Å². The molecule has 2 heterocycles. The molecule has 0 bridgehead atoms. The minimum absolute atomic E-state index is 0.0210. The molecule has 1 aromatic carbocycles. The summed E-state index contributed by atoms with van der Waals surface area (Å²) in [6.45, 7) is 9.17. The summed E-state index contributed by atoms with van der Waals surface area (Å²) in [5, 5.41) is 3.28. The average molecular weight is 356 g/mol. The predicted molar refractivity (Wildman–Crippen MR) is 105 cm³/mol. The van der Waals surface area contributed by atoms with E-state index in [1.807, 2.05) is 37.3 Å². The molecule has 1 aliphatic rings. The minimum atomic E-state index is -0.0210. The predicted octanol–water partition coefficient (Wildman–Crippen LogP) is 2.26. The molecule has 6 heteroatoms. The van der Waals surface area contributed by atoms with E-state index in [1.54, 1.807) is 4.68 Å². The first-order chi connectivity index (χ1) is 12.7. The smallest absolute Gasteiger partial charge is 0.280 e. The van der Waals surface area contributed by atoms with Gasteiger partial charge >= 0.3 is 0 Å². The molecule has 2 aromatic rings. The molecule has 1 N–H and O–H groups in total. The minimum Gasteiger partial charge on any atom is -0.379 e. The van der Waals surface area contributed by atoms with Crippen LogP contribution >= 0.6 is 0 Å². The van der Waals surface area contributed by atoms with Crippen LogP contribution < -0.4 is 5.56 Å². The molecule has 6 nitrogen and oxygen atoms in total. The van der Waals surface area contributed by atoms with E-state index >= 15 is 0 Å². The van der Waals surface area contributed by atoms with Gasteiger partial charge in [0.2, 0.25) is 0 Å². The molecular weight excluding hydrogens is 328 g/mol. The second-order valence-corrected chi connectivity index (χ2v) is 6.61. The van der Waals surface area contributed by atoms with Gasteiger partial charge < -0.3 is 4.74 Å². The monoisotopic (exact) mass is 356 g/mol. The van der Waals surface area contributed by atoms with Gasteiger partial charge in [0.05, 0.1) is 31.0 Å². The highest BCUT2D eigenvalue weighted by molar-refractivity contribution is 5.99. The Morgan fingerprint density at radius 3 is 2.65 bits per heavy atom. The van der Waals surface area contributed by atoms with Gasteiger partial charge in [0.25, 0.3) is 5.56 Å². The van der Waals surface area contributed by atoms with Crippen LogP contribution in [0.4, 0.5) is 0 Å². The zero-order valence-electron chi connectivity index (χ0n) is 15.7. The Morgan fingerprint density at radius 1 is 1.23 bits per heavy atom. The van der Waals surface area contributed by atoms with E-state index in [0.717, 1.165) is 68.3 Å². The van der Waals surface area contributed by atoms with Crippen LogP contribution in [0.3, 0.4) is 0 Å². The van der Waals surface area contributed by atoms with Crippen molar-refractivity contribution in [2.45, 2.75) is 26.7 Å². The number of aryl methyl sites for hydroxylation is 1. The number of nitrogens with one attached hydrogen (secondary N) is 1. The molecule has 140 valence electrons. The van der Waals surface area contributed by atoms with E-state index in [-0.39, 0.29) is 5.56 Å². The van der Waals surface area contributed by atoms with E-state index in [2.05, 4.69) is 16.9 Å². The zero-order valence-corrected chi connectivity index (χ0v) is 15.7. The molecule has 0 unspecified atom stereocenters. The Morgan fingerprint density at radius 2 is 1.96 bits per heavy atom. The summed E-state index contributed by atoms with van der Waals surface area (Å²) < 4.78 is 7.00. The quantitative estimate of drug-likeness (QED) is 0.774. The van der Waals surface area contributed by atoms with E-state index in [1.165, 1.54) is 0 Å². The highest BCUT2D eigenvalue weighted by Crippen LogP contribution is 2.11. The molecule has 1 fully saturated rings. The summed E-state index contributed by atoms with van der Waals surface area (Å²) in [5.41, 5.74) is 3.33. The fourth-order valence-corrected chi connectivity index (χ4v) is 3.31. The maximum absolute atomic E-state index is 13.0.